The van der Waals surface area contributed by atoms with E-state index in [-0.39, 0.29) is 11.6 Å². The largest absolute Gasteiger partial charge is 0.494 e. The van der Waals surface area contributed by atoms with E-state index in [0.29, 0.717) is 12.5 Å². The molecule has 1 N–H and O–H groups in total. The topological polar surface area (TPSA) is 101 Å². The van der Waals surface area contributed by atoms with Crippen molar-refractivity contribution in [2.75, 3.05) is 12.0 Å². The van der Waals surface area contributed by atoms with E-state index in [4.69, 9.17) is 19.5 Å². The number of benzene rings is 2. The molecular formula is C25H24N6O2. The highest BCUT2D eigenvalue weighted by Gasteiger charge is 2.12. The molecule has 2 aromatic heterocycles. The molecule has 0 atom stereocenters. The van der Waals surface area contributed by atoms with Gasteiger partial charge in [0, 0.05) is 17.3 Å². The Morgan fingerprint density at radius 1 is 1.18 bits per heavy atom. The molecule has 2 aromatic carbocycles. The van der Waals surface area contributed by atoms with E-state index in [1.807, 2.05) is 66.9 Å². The lowest BCUT2D eigenvalue weighted by atomic mass is 10.1. The number of oxazole rings is 1. The summed E-state index contributed by atoms with van der Waals surface area (Å²) in [6.45, 7) is 5.05. The van der Waals surface area contributed by atoms with E-state index < -0.39 is 0 Å². The minimum absolute atomic E-state index is 0.139. The summed E-state index contributed by atoms with van der Waals surface area (Å²) in [5, 5.41) is 18.1. The molecule has 0 fully saturated rings. The molecule has 166 valence electrons. The van der Waals surface area contributed by atoms with Crippen LogP contribution in [-0.4, -0.2) is 27.6 Å². The number of nitrogens with one attached hydrogen (secondary N) is 1. The van der Waals surface area contributed by atoms with Gasteiger partial charge in [0.1, 0.15) is 17.5 Å². The van der Waals surface area contributed by atoms with Crippen molar-refractivity contribution in [2.45, 2.75) is 20.3 Å². The van der Waals surface area contributed by atoms with E-state index in [1.165, 1.54) is 6.39 Å². The van der Waals surface area contributed by atoms with Crippen LogP contribution in [0.2, 0.25) is 0 Å². The standard InChI is InChI=1S/C25H24N6O2/c1-18(2)12-13-32-22-10-8-19(9-11-22)24-20(15-28-29-25-23(14-26)27-17-33-25)16-31(30-24)21-6-4-3-5-7-21/h3-11,15-18,29H,12-13H2,1-2H3/b28-15-. The maximum atomic E-state index is 9.06. The van der Waals surface area contributed by atoms with Crippen LogP contribution in [0, 0.1) is 17.2 Å². The Kier molecular flexibility index (Phi) is 6.81. The number of aromatic nitrogens is 3. The number of hydrazone groups is 1. The normalized spacial score (nSPS) is 11.1. The van der Waals surface area contributed by atoms with Crippen LogP contribution in [0.4, 0.5) is 5.88 Å². The summed E-state index contributed by atoms with van der Waals surface area (Å²) in [6, 6.07) is 19.7. The van der Waals surface area contributed by atoms with E-state index in [0.717, 1.165) is 34.7 Å². The van der Waals surface area contributed by atoms with Crippen molar-refractivity contribution in [3.63, 3.8) is 0 Å². The van der Waals surface area contributed by atoms with Gasteiger partial charge in [-0.05, 0) is 48.7 Å². The molecular weight excluding hydrogens is 416 g/mol. The number of ether oxygens (including phenoxy) is 1. The molecule has 0 aliphatic carbocycles. The number of para-hydroxylation sites is 1. The molecule has 8 heteroatoms. The SMILES string of the molecule is CC(C)CCOc1ccc(-c2nn(-c3ccccc3)cc2/C=N\Nc2ocnc2C#N)cc1. The highest BCUT2D eigenvalue weighted by molar-refractivity contribution is 5.89. The van der Waals surface area contributed by atoms with Gasteiger partial charge in [0.2, 0.25) is 5.69 Å². The maximum Gasteiger partial charge on any atom is 0.251 e. The Balaban J connectivity index is 1.60. The lowest BCUT2D eigenvalue weighted by molar-refractivity contribution is 0.289. The summed E-state index contributed by atoms with van der Waals surface area (Å²) in [6.07, 6.45) is 5.74. The number of rotatable bonds is 9. The zero-order valence-corrected chi connectivity index (χ0v) is 18.5. The molecule has 33 heavy (non-hydrogen) atoms. The first kappa shape index (κ1) is 21.8. The van der Waals surface area contributed by atoms with Crippen LogP contribution in [0.15, 0.2) is 76.7 Å². The highest BCUT2D eigenvalue weighted by Crippen LogP contribution is 2.25. The van der Waals surface area contributed by atoms with Crippen molar-refractivity contribution in [3.05, 3.63) is 78.4 Å². The first-order valence-corrected chi connectivity index (χ1v) is 10.6. The molecule has 0 spiro atoms. The fraction of sp³-hybridized carbons (Fsp3) is 0.200. The molecule has 2 heterocycles. The molecule has 0 radical (unpaired) electrons. The predicted octanol–water partition coefficient (Wildman–Crippen LogP) is 5.27. The van der Waals surface area contributed by atoms with Crippen molar-refractivity contribution in [1.82, 2.24) is 14.8 Å². The minimum Gasteiger partial charge on any atom is -0.494 e. The quantitative estimate of drug-likeness (QED) is 0.281. The summed E-state index contributed by atoms with van der Waals surface area (Å²) in [5.74, 6) is 1.62. The summed E-state index contributed by atoms with van der Waals surface area (Å²) >= 11 is 0. The van der Waals surface area contributed by atoms with E-state index >= 15 is 0 Å². The molecule has 0 aliphatic rings. The zero-order chi connectivity index (χ0) is 23.0. The van der Waals surface area contributed by atoms with Crippen molar-refractivity contribution in [3.8, 4) is 28.8 Å². The van der Waals surface area contributed by atoms with Gasteiger partial charge in [-0.15, -0.1) is 0 Å². The summed E-state index contributed by atoms with van der Waals surface area (Å²) < 4.78 is 12.8. The zero-order valence-electron chi connectivity index (χ0n) is 18.5. The predicted molar refractivity (Wildman–Crippen MR) is 126 cm³/mol. The van der Waals surface area contributed by atoms with Gasteiger partial charge < -0.3 is 9.15 Å². The van der Waals surface area contributed by atoms with Crippen LogP contribution < -0.4 is 10.2 Å². The Hall–Kier alpha value is -4.38. The Morgan fingerprint density at radius 3 is 2.70 bits per heavy atom. The van der Waals surface area contributed by atoms with Crippen LogP contribution in [-0.2, 0) is 0 Å². The number of nitriles is 1. The maximum absolute atomic E-state index is 9.06. The molecule has 0 unspecified atom stereocenters. The third kappa shape index (κ3) is 5.46. The fourth-order valence-corrected chi connectivity index (χ4v) is 3.11. The molecule has 0 amide bonds. The third-order valence-corrected chi connectivity index (χ3v) is 4.90. The monoisotopic (exact) mass is 440 g/mol. The first-order valence-electron chi connectivity index (χ1n) is 10.6. The molecule has 0 aliphatic heterocycles. The lowest BCUT2D eigenvalue weighted by Gasteiger charge is -2.08. The van der Waals surface area contributed by atoms with E-state index in [9.17, 15) is 0 Å². The summed E-state index contributed by atoms with van der Waals surface area (Å²) in [7, 11) is 0. The van der Waals surface area contributed by atoms with Crippen molar-refractivity contribution < 1.29 is 9.15 Å². The van der Waals surface area contributed by atoms with Crippen LogP contribution in [0.1, 0.15) is 31.5 Å². The van der Waals surface area contributed by atoms with Gasteiger partial charge in [0.25, 0.3) is 5.88 Å². The molecule has 0 saturated heterocycles. The summed E-state index contributed by atoms with van der Waals surface area (Å²) in [4.78, 5) is 3.82. The molecule has 0 saturated carbocycles. The fourth-order valence-electron chi connectivity index (χ4n) is 3.11. The number of nitrogens with zero attached hydrogens (tertiary/aromatic N) is 5. The van der Waals surface area contributed by atoms with Crippen LogP contribution in [0.5, 0.6) is 5.75 Å². The van der Waals surface area contributed by atoms with Gasteiger partial charge >= 0.3 is 0 Å². The van der Waals surface area contributed by atoms with Gasteiger partial charge in [-0.2, -0.15) is 15.5 Å². The molecule has 8 nitrogen and oxygen atoms in total. The van der Waals surface area contributed by atoms with Gasteiger partial charge in [-0.3, -0.25) is 0 Å². The number of anilines is 1. The van der Waals surface area contributed by atoms with Crippen LogP contribution >= 0.6 is 0 Å². The first-order chi connectivity index (χ1) is 16.1. The Bertz CT molecular complexity index is 1250. The molecule has 0 bridgehead atoms. The lowest BCUT2D eigenvalue weighted by Crippen LogP contribution is -2.01. The van der Waals surface area contributed by atoms with Gasteiger partial charge in [0.15, 0.2) is 6.39 Å². The number of hydrogen-bond acceptors (Lipinski definition) is 7. The van der Waals surface area contributed by atoms with Gasteiger partial charge in [-0.1, -0.05) is 32.0 Å². The number of hydrogen-bond donors (Lipinski definition) is 1. The highest BCUT2D eigenvalue weighted by atomic mass is 16.5. The molecule has 4 aromatic rings. The third-order valence-electron chi connectivity index (χ3n) is 4.90. The second-order valence-corrected chi connectivity index (χ2v) is 7.78. The van der Waals surface area contributed by atoms with E-state index in [1.54, 1.807) is 10.9 Å². The minimum atomic E-state index is 0.139. The van der Waals surface area contributed by atoms with Crippen LogP contribution in [0.25, 0.3) is 16.9 Å². The smallest absolute Gasteiger partial charge is 0.251 e. The second-order valence-electron chi connectivity index (χ2n) is 7.78. The molecule has 4 rings (SSSR count). The van der Waals surface area contributed by atoms with Crippen molar-refractivity contribution in [1.29, 1.82) is 5.26 Å². The van der Waals surface area contributed by atoms with E-state index in [2.05, 4.69) is 29.4 Å². The van der Waals surface area contributed by atoms with Gasteiger partial charge in [0.05, 0.1) is 18.5 Å². The van der Waals surface area contributed by atoms with Gasteiger partial charge in [-0.25, -0.2) is 15.1 Å². The second kappa shape index (κ2) is 10.3. The Morgan fingerprint density at radius 2 is 1.97 bits per heavy atom. The summed E-state index contributed by atoms with van der Waals surface area (Å²) in [5.41, 5.74) is 6.27. The van der Waals surface area contributed by atoms with Crippen molar-refractivity contribution >= 4 is 12.1 Å². The van der Waals surface area contributed by atoms with Crippen LogP contribution in [0.3, 0.4) is 0 Å². The average molecular weight is 441 g/mol. The van der Waals surface area contributed by atoms with Crippen molar-refractivity contribution in [2.24, 2.45) is 11.0 Å². The average Bonchev–Trinajstić information content (AvgIpc) is 3.47. The Labute approximate surface area is 192 Å².